The van der Waals surface area contributed by atoms with Gasteiger partial charge in [0, 0.05) is 17.0 Å². The second-order valence-electron chi connectivity index (χ2n) is 6.88. The molecule has 13 heteroatoms. The summed E-state index contributed by atoms with van der Waals surface area (Å²) in [6, 6.07) is 5.18. The molecule has 3 aromatic rings. The summed E-state index contributed by atoms with van der Waals surface area (Å²) in [6.07, 6.45) is -8.71. The van der Waals surface area contributed by atoms with Crippen molar-refractivity contribution in [3.05, 3.63) is 58.4 Å². The van der Waals surface area contributed by atoms with Gasteiger partial charge in [-0.25, -0.2) is 4.68 Å². The first-order valence-corrected chi connectivity index (χ1v) is 10.0. The maximum absolute atomic E-state index is 13.7. The van der Waals surface area contributed by atoms with Crippen LogP contribution in [0.1, 0.15) is 33.7 Å². The number of nitrogens with one attached hydrogen (secondary N) is 2. The fourth-order valence-electron chi connectivity index (χ4n) is 3.34. The maximum Gasteiger partial charge on any atom is 0.573 e. The lowest BCUT2D eigenvalue weighted by molar-refractivity contribution is -0.274. The topological polar surface area (TPSA) is 68.2 Å². The number of aromatic nitrogens is 2. The molecule has 2 aromatic heterocycles. The standard InChI is InChI=1S/C19H14F6N4O2S/c20-18(21,22)15-8-13(14-2-1-7-32-14)28-16-12(9-26-29(15)16)17(30)27-10-3-5-11(6-4-10)31-19(23,24)25/h1-7,9,13,15,28H,8H2,(H,27,30)/t13-,15-/m1/s1. The predicted octanol–water partition coefficient (Wildman–Crippen LogP) is 5.76. The third-order valence-corrected chi connectivity index (χ3v) is 5.70. The molecule has 0 saturated heterocycles. The van der Waals surface area contributed by atoms with Crippen molar-refractivity contribution in [1.29, 1.82) is 0 Å². The number of hydrogen-bond donors (Lipinski definition) is 2. The van der Waals surface area contributed by atoms with Gasteiger partial charge in [0.1, 0.15) is 17.1 Å². The molecule has 0 spiro atoms. The summed E-state index contributed by atoms with van der Waals surface area (Å²) in [5.74, 6) is -1.34. The number of halogens is 6. The van der Waals surface area contributed by atoms with Gasteiger partial charge >= 0.3 is 12.5 Å². The Kier molecular flexibility index (Phi) is 5.53. The van der Waals surface area contributed by atoms with Crippen LogP contribution in [0.5, 0.6) is 5.75 Å². The average Bonchev–Trinajstić information content (AvgIpc) is 3.36. The summed E-state index contributed by atoms with van der Waals surface area (Å²) < 4.78 is 82.3. The molecule has 0 saturated carbocycles. The fraction of sp³-hybridized carbons (Fsp3) is 0.263. The number of carbonyl (C=O) groups excluding carboxylic acids is 1. The van der Waals surface area contributed by atoms with Gasteiger partial charge in [-0.3, -0.25) is 4.79 Å². The molecule has 1 aromatic carbocycles. The molecule has 0 fully saturated rings. The van der Waals surface area contributed by atoms with E-state index in [0.29, 0.717) is 4.88 Å². The third-order valence-electron chi connectivity index (χ3n) is 4.72. The van der Waals surface area contributed by atoms with Gasteiger partial charge in [-0.15, -0.1) is 24.5 Å². The van der Waals surface area contributed by atoms with Crippen LogP contribution < -0.4 is 15.4 Å². The van der Waals surface area contributed by atoms with Crippen molar-refractivity contribution >= 4 is 28.7 Å². The number of benzene rings is 1. The highest BCUT2D eigenvalue weighted by atomic mass is 32.1. The number of amides is 1. The number of nitrogens with zero attached hydrogens (tertiary/aromatic N) is 2. The van der Waals surface area contributed by atoms with E-state index < -0.39 is 36.3 Å². The first-order chi connectivity index (χ1) is 15.0. The highest BCUT2D eigenvalue weighted by Gasteiger charge is 2.47. The van der Waals surface area contributed by atoms with Crippen molar-refractivity contribution in [2.75, 3.05) is 10.6 Å². The zero-order chi connectivity index (χ0) is 23.1. The fourth-order valence-corrected chi connectivity index (χ4v) is 4.13. The second-order valence-corrected chi connectivity index (χ2v) is 7.86. The Bertz CT molecular complexity index is 1090. The molecular weight excluding hydrogens is 462 g/mol. The minimum absolute atomic E-state index is 0.0912. The number of alkyl halides is 6. The quantitative estimate of drug-likeness (QED) is 0.470. The summed E-state index contributed by atoms with van der Waals surface area (Å²) >= 11 is 1.29. The highest BCUT2D eigenvalue weighted by molar-refractivity contribution is 7.10. The van der Waals surface area contributed by atoms with Crippen LogP contribution in [-0.4, -0.2) is 28.2 Å². The van der Waals surface area contributed by atoms with Crippen LogP contribution in [0.2, 0.25) is 0 Å². The number of rotatable bonds is 4. The van der Waals surface area contributed by atoms with Gasteiger partial charge in [0.15, 0.2) is 6.04 Å². The van der Waals surface area contributed by atoms with Crippen LogP contribution in [0.25, 0.3) is 0 Å². The van der Waals surface area contributed by atoms with Crippen molar-refractivity contribution in [3.8, 4) is 5.75 Å². The molecule has 2 N–H and O–H groups in total. The van der Waals surface area contributed by atoms with E-state index in [0.717, 1.165) is 23.0 Å². The molecule has 32 heavy (non-hydrogen) atoms. The van der Waals surface area contributed by atoms with Gasteiger partial charge < -0.3 is 15.4 Å². The van der Waals surface area contributed by atoms with E-state index in [2.05, 4.69) is 20.5 Å². The SMILES string of the molecule is O=C(Nc1ccc(OC(F)(F)F)cc1)c1cnn2c1N[C@@H](c1cccs1)C[C@@H]2C(F)(F)F. The van der Waals surface area contributed by atoms with Crippen LogP contribution in [0.15, 0.2) is 48.0 Å². The molecule has 2 atom stereocenters. The van der Waals surface area contributed by atoms with Crippen LogP contribution in [-0.2, 0) is 0 Å². The predicted molar refractivity (Wildman–Crippen MR) is 104 cm³/mol. The van der Waals surface area contributed by atoms with Crippen molar-refractivity contribution in [2.45, 2.75) is 31.0 Å². The average molecular weight is 476 g/mol. The van der Waals surface area contributed by atoms with E-state index in [1.165, 1.54) is 23.5 Å². The lowest BCUT2D eigenvalue weighted by Gasteiger charge is -2.33. The molecular formula is C19H14F6N4O2S. The van der Waals surface area contributed by atoms with Gasteiger partial charge in [0.2, 0.25) is 0 Å². The van der Waals surface area contributed by atoms with E-state index in [1.807, 2.05) is 0 Å². The molecule has 0 radical (unpaired) electrons. The Morgan fingerprint density at radius 3 is 2.47 bits per heavy atom. The lowest BCUT2D eigenvalue weighted by atomic mass is 10.0. The van der Waals surface area contributed by atoms with Gasteiger partial charge in [-0.1, -0.05) is 6.07 Å². The van der Waals surface area contributed by atoms with E-state index in [1.54, 1.807) is 17.5 Å². The van der Waals surface area contributed by atoms with E-state index in [4.69, 9.17) is 0 Å². The van der Waals surface area contributed by atoms with Crippen LogP contribution >= 0.6 is 11.3 Å². The monoisotopic (exact) mass is 476 g/mol. The van der Waals surface area contributed by atoms with E-state index in [-0.39, 0.29) is 23.5 Å². The summed E-state index contributed by atoms with van der Waals surface area (Å²) in [4.78, 5) is 13.4. The number of fused-ring (bicyclic) bond motifs is 1. The number of hydrogen-bond acceptors (Lipinski definition) is 5. The summed E-state index contributed by atoms with van der Waals surface area (Å²) in [5.41, 5.74) is -0.00131. The van der Waals surface area contributed by atoms with Crippen molar-refractivity contribution in [1.82, 2.24) is 9.78 Å². The number of carbonyl (C=O) groups is 1. The zero-order valence-electron chi connectivity index (χ0n) is 15.9. The van der Waals surface area contributed by atoms with Crippen LogP contribution in [0, 0.1) is 0 Å². The van der Waals surface area contributed by atoms with Crippen molar-refractivity contribution < 1.29 is 35.9 Å². The Morgan fingerprint density at radius 2 is 1.88 bits per heavy atom. The molecule has 6 nitrogen and oxygen atoms in total. The number of thiophene rings is 1. The largest absolute Gasteiger partial charge is 0.573 e. The molecule has 0 unspecified atom stereocenters. The smallest absolute Gasteiger partial charge is 0.406 e. The molecule has 0 bridgehead atoms. The molecule has 1 aliphatic rings. The van der Waals surface area contributed by atoms with Crippen LogP contribution in [0.3, 0.4) is 0 Å². The molecule has 1 amide bonds. The zero-order valence-corrected chi connectivity index (χ0v) is 16.7. The lowest BCUT2D eigenvalue weighted by Crippen LogP contribution is -2.36. The van der Waals surface area contributed by atoms with Gasteiger partial charge in [0.05, 0.1) is 12.2 Å². The minimum atomic E-state index is -4.86. The summed E-state index contributed by atoms with van der Waals surface area (Å²) in [7, 11) is 0. The van der Waals surface area contributed by atoms with Gasteiger partial charge in [-0.2, -0.15) is 18.3 Å². The van der Waals surface area contributed by atoms with Gasteiger partial charge in [0.25, 0.3) is 5.91 Å². The first-order valence-electron chi connectivity index (χ1n) is 9.12. The Labute approximate surface area is 180 Å². The van der Waals surface area contributed by atoms with Gasteiger partial charge in [-0.05, 0) is 35.7 Å². The van der Waals surface area contributed by atoms with Crippen molar-refractivity contribution in [3.63, 3.8) is 0 Å². The highest BCUT2D eigenvalue weighted by Crippen LogP contribution is 2.45. The number of ether oxygens (including phenoxy) is 1. The second kappa shape index (κ2) is 8.04. The maximum atomic E-state index is 13.7. The normalized spacial score (nSPS) is 18.6. The molecule has 1 aliphatic heterocycles. The Hall–Kier alpha value is -3.22. The van der Waals surface area contributed by atoms with Crippen LogP contribution in [0.4, 0.5) is 37.8 Å². The molecule has 4 rings (SSSR count). The summed E-state index contributed by atoms with van der Waals surface area (Å²) in [6.45, 7) is 0. The first kappa shape index (κ1) is 22.0. The van der Waals surface area contributed by atoms with E-state index in [9.17, 15) is 31.1 Å². The number of anilines is 2. The molecule has 170 valence electrons. The van der Waals surface area contributed by atoms with E-state index >= 15 is 0 Å². The Balaban J connectivity index is 1.58. The van der Waals surface area contributed by atoms with Crippen molar-refractivity contribution in [2.24, 2.45) is 0 Å². The third kappa shape index (κ3) is 4.66. The molecule has 0 aliphatic carbocycles. The molecule has 3 heterocycles. The minimum Gasteiger partial charge on any atom is -0.406 e. The summed E-state index contributed by atoms with van der Waals surface area (Å²) in [5, 5.41) is 10.9. The Morgan fingerprint density at radius 1 is 1.16 bits per heavy atom.